The number of piperazine rings is 1. The van der Waals surface area contributed by atoms with Crippen LogP contribution in [0.4, 0.5) is 16.0 Å². The van der Waals surface area contributed by atoms with Crippen molar-refractivity contribution in [1.29, 1.82) is 0 Å². The maximum Gasteiger partial charge on any atom is 0.167 e. The van der Waals surface area contributed by atoms with E-state index in [1.165, 1.54) is 12.1 Å². The predicted octanol–water partition coefficient (Wildman–Crippen LogP) is 0.212. The summed E-state index contributed by atoms with van der Waals surface area (Å²) in [6.45, 7) is 3.26. The summed E-state index contributed by atoms with van der Waals surface area (Å²) in [4.78, 5) is 5.90. The molecule has 0 atom stereocenters. The van der Waals surface area contributed by atoms with Crippen molar-refractivity contribution in [2.75, 3.05) is 36.8 Å². The molecule has 76 valence electrons. The minimum Gasteiger partial charge on any atom is -0.384 e. The highest BCUT2D eigenvalue weighted by Crippen LogP contribution is 2.17. The molecule has 1 fully saturated rings. The van der Waals surface area contributed by atoms with Gasteiger partial charge in [0.05, 0.1) is 0 Å². The fourth-order valence-corrected chi connectivity index (χ4v) is 1.54. The Morgan fingerprint density at radius 1 is 1.36 bits per heavy atom. The lowest BCUT2D eigenvalue weighted by molar-refractivity contribution is 0.559. The molecule has 0 spiro atoms. The third kappa shape index (κ3) is 1.77. The van der Waals surface area contributed by atoms with Crippen LogP contribution in [0.1, 0.15) is 0 Å². The van der Waals surface area contributed by atoms with Crippen LogP contribution in [0, 0.1) is 5.82 Å². The Morgan fingerprint density at radius 3 is 2.79 bits per heavy atom. The van der Waals surface area contributed by atoms with Crippen LogP contribution in [0.3, 0.4) is 0 Å². The van der Waals surface area contributed by atoms with Crippen LogP contribution in [0.5, 0.6) is 0 Å². The van der Waals surface area contributed by atoms with E-state index in [0.29, 0.717) is 11.6 Å². The van der Waals surface area contributed by atoms with Crippen LogP contribution in [0.2, 0.25) is 0 Å². The number of anilines is 2. The van der Waals surface area contributed by atoms with Gasteiger partial charge in [0.15, 0.2) is 11.6 Å². The van der Waals surface area contributed by atoms with Crippen LogP contribution in [0.25, 0.3) is 0 Å². The number of rotatable bonds is 1. The highest BCUT2D eigenvalue weighted by molar-refractivity contribution is 5.46. The van der Waals surface area contributed by atoms with Gasteiger partial charge >= 0.3 is 0 Å². The molecule has 0 bridgehead atoms. The third-order valence-electron chi connectivity index (χ3n) is 2.27. The lowest BCUT2D eigenvalue weighted by Crippen LogP contribution is -2.44. The normalized spacial score (nSPS) is 17.1. The number of nitrogens with two attached hydrogens (primary N) is 1. The van der Waals surface area contributed by atoms with Crippen molar-refractivity contribution in [3.05, 3.63) is 17.9 Å². The molecule has 1 aromatic heterocycles. The van der Waals surface area contributed by atoms with Crippen molar-refractivity contribution < 1.29 is 4.39 Å². The van der Waals surface area contributed by atoms with Crippen LogP contribution < -0.4 is 16.0 Å². The van der Waals surface area contributed by atoms with Gasteiger partial charge in [0.25, 0.3) is 0 Å². The molecule has 1 aliphatic rings. The van der Waals surface area contributed by atoms with Crippen LogP contribution in [-0.4, -0.2) is 31.2 Å². The number of pyridine rings is 1. The fourth-order valence-electron chi connectivity index (χ4n) is 1.54. The Morgan fingerprint density at radius 2 is 2.07 bits per heavy atom. The number of nitrogen functional groups attached to an aromatic ring is 1. The lowest BCUT2D eigenvalue weighted by atomic mass is 10.3. The molecule has 1 saturated heterocycles. The van der Waals surface area contributed by atoms with E-state index in [4.69, 9.17) is 5.73 Å². The van der Waals surface area contributed by atoms with Crippen molar-refractivity contribution in [2.24, 2.45) is 0 Å². The molecule has 3 N–H and O–H groups in total. The maximum atomic E-state index is 13.4. The van der Waals surface area contributed by atoms with Crippen LogP contribution in [0.15, 0.2) is 12.1 Å². The Balaban J connectivity index is 2.24. The van der Waals surface area contributed by atoms with E-state index in [0.717, 1.165) is 26.2 Å². The summed E-state index contributed by atoms with van der Waals surface area (Å²) < 4.78 is 13.4. The van der Waals surface area contributed by atoms with Crippen molar-refractivity contribution >= 4 is 11.6 Å². The first kappa shape index (κ1) is 9.21. The zero-order valence-electron chi connectivity index (χ0n) is 7.83. The van der Waals surface area contributed by atoms with Gasteiger partial charge in [-0.1, -0.05) is 0 Å². The molecule has 0 radical (unpaired) electrons. The van der Waals surface area contributed by atoms with Crippen molar-refractivity contribution in [2.45, 2.75) is 0 Å². The van der Waals surface area contributed by atoms with E-state index < -0.39 is 0 Å². The molecule has 4 nitrogen and oxygen atoms in total. The van der Waals surface area contributed by atoms with Gasteiger partial charge in [-0.3, -0.25) is 0 Å². The number of nitrogens with zero attached hydrogens (tertiary/aromatic N) is 2. The minimum absolute atomic E-state index is 0.305. The molecule has 0 aromatic carbocycles. The van der Waals surface area contributed by atoms with Crippen molar-refractivity contribution in [3.8, 4) is 0 Å². The molecule has 0 saturated carbocycles. The Hall–Kier alpha value is -1.36. The van der Waals surface area contributed by atoms with E-state index in [9.17, 15) is 4.39 Å². The van der Waals surface area contributed by atoms with Crippen LogP contribution >= 0.6 is 0 Å². The smallest absolute Gasteiger partial charge is 0.167 e. The summed E-state index contributed by atoms with van der Waals surface area (Å²) in [5.74, 6) is 0.424. The Labute approximate surface area is 81.9 Å². The van der Waals surface area contributed by atoms with Crippen LogP contribution in [-0.2, 0) is 0 Å². The van der Waals surface area contributed by atoms with Gasteiger partial charge in [0.1, 0.15) is 5.82 Å². The van der Waals surface area contributed by atoms with Gasteiger partial charge in [-0.05, 0) is 12.1 Å². The van der Waals surface area contributed by atoms with Crippen molar-refractivity contribution in [1.82, 2.24) is 10.3 Å². The van der Waals surface area contributed by atoms with E-state index >= 15 is 0 Å². The molecule has 0 amide bonds. The maximum absolute atomic E-state index is 13.4. The number of hydrogen-bond donors (Lipinski definition) is 2. The molecule has 0 unspecified atom stereocenters. The van der Waals surface area contributed by atoms with Gasteiger partial charge in [0.2, 0.25) is 0 Å². The summed E-state index contributed by atoms with van der Waals surface area (Å²) in [7, 11) is 0. The summed E-state index contributed by atoms with van der Waals surface area (Å²) in [6.07, 6.45) is 0. The topological polar surface area (TPSA) is 54.2 Å². The Kier molecular flexibility index (Phi) is 2.49. The van der Waals surface area contributed by atoms with Gasteiger partial charge in [-0.25, -0.2) is 9.37 Å². The first-order chi connectivity index (χ1) is 6.77. The molecule has 2 rings (SSSR count). The summed E-state index contributed by atoms with van der Waals surface area (Å²) in [5.41, 5.74) is 5.51. The van der Waals surface area contributed by atoms with Gasteiger partial charge < -0.3 is 16.0 Å². The zero-order chi connectivity index (χ0) is 9.97. The first-order valence-electron chi connectivity index (χ1n) is 4.65. The van der Waals surface area contributed by atoms with Gasteiger partial charge in [0, 0.05) is 26.2 Å². The average Bonchev–Trinajstić information content (AvgIpc) is 2.23. The second kappa shape index (κ2) is 3.79. The van der Waals surface area contributed by atoms with Crippen molar-refractivity contribution in [3.63, 3.8) is 0 Å². The number of aromatic nitrogens is 1. The predicted molar refractivity (Wildman–Crippen MR) is 53.7 cm³/mol. The van der Waals surface area contributed by atoms with E-state index in [1.54, 1.807) is 0 Å². The monoisotopic (exact) mass is 196 g/mol. The fraction of sp³-hybridized carbons (Fsp3) is 0.444. The second-order valence-corrected chi connectivity index (χ2v) is 3.28. The van der Waals surface area contributed by atoms with E-state index in [-0.39, 0.29) is 5.82 Å². The number of hydrogen-bond acceptors (Lipinski definition) is 4. The van der Waals surface area contributed by atoms with Gasteiger partial charge in [-0.15, -0.1) is 0 Å². The largest absolute Gasteiger partial charge is 0.384 e. The molecule has 1 aromatic rings. The Bertz CT molecular complexity index is 323. The molecule has 0 aliphatic carbocycles. The number of halogens is 1. The van der Waals surface area contributed by atoms with Gasteiger partial charge in [-0.2, -0.15) is 0 Å². The molecule has 2 heterocycles. The third-order valence-corrected chi connectivity index (χ3v) is 2.27. The standard InChI is InChI=1S/C9H13FN4/c10-7-1-2-8(11)13-9(7)14-5-3-12-4-6-14/h1-2,12H,3-6H2,(H2,11,13). The highest BCUT2D eigenvalue weighted by atomic mass is 19.1. The quantitative estimate of drug-likeness (QED) is 0.674. The first-order valence-corrected chi connectivity index (χ1v) is 4.65. The summed E-state index contributed by atoms with van der Waals surface area (Å²) >= 11 is 0. The molecule has 14 heavy (non-hydrogen) atoms. The summed E-state index contributed by atoms with van der Waals surface area (Å²) in [6, 6.07) is 2.83. The molecular formula is C9H13FN4. The highest BCUT2D eigenvalue weighted by Gasteiger charge is 2.15. The van der Waals surface area contributed by atoms with E-state index in [2.05, 4.69) is 10.3 Å². The zero-order valence-corrected chi connectivity index (χ0v) is 7.83. The SMILES string of the molecule is Nc1ccc(F)c(N2CCNCC2)n1. The average molecular weight is 196 g/mol. The second-order valence-electron chi connectivity index (χ2n) is 3.28. The molecular weight excluding hydrogens is 183 g/mol. The minimum atomic E-state index is -0.305. The van der Waals surface area contributed by atoms with E-state index in [1.807, 2.05) is 4.90 Å². The number of nitrogens with one attached hydrogen (secondary N) is 1. The molecule has 1 aliphatic heterocycles. The summed E-state index contributed by atoms with van der Waals surface area (Å²) in [5, 5.41) is 3.20. The lowest BCUT2D eigenvalue weighted by Gasteiger charge is -2.28. The molecule has 5 heteroatoms.